The molecule has 1 amide bonds. The summed E-state index contributed by atoms with van der Waals surface area (Å²) in [6.45, 7) is 12.8. The third-order valence-electron chi connectivity index (χ3n) is 8.56. The van der Waals surface area contributed by atoms with Crippen molar-refractivity contribution in [2.75, 3.05) is 102 Å². The lowest BCUT2D eigenvalue weighted by Gasteiger charge is -2.43. The quantitative estimate of drug-likeness (QED) is 0.554. The maximum absolute atomic E-state index is 13.4. The molecule has 8 heteroatoms. The van der Waals surface area contributed by atoms with Crippen LogP contribution >= 0.6 is 0 Å². The minimum atomic E-state index is 0.232. The van der Waals surface area contributed by atoms with Gasteiger partial charge in [0.2, 0.25) is 5.91 Å². The molecule has 0 bridgehead atoms. The largest absolute Gasteiger partial charge is 0.379 e. The standard InChI is InChI=1S/C30H41N5O3/c36-30-24-34(28-7-3-6-27(20-28)32-12-16-37-17-13-32)10-11-35(30)23-29(33-14-18-38-19-15-33)22-31-9-8-25-4-1-2-5-26(25)21-31/h1-7,20,29H,8-19,21-24H2. The van der Waals surface area contributed by atoms with Crippen molar-refractivity contribution < 1.29 is 14.3 Å². The van der Waals surface area contributed by atoms with E-state index in [-0.39, 0.29) is 5.91 Å². The van der Waals surface area contributed by atoms with E-state index in [0.717, 1.165) is 104 Å². The van der Waals surface area contributed by atoms with Crippen molar-refractivity contribution >= 4 is 17.3 Å². The Morgan fingerprint density at radius 3 is 2.16 bits per heavy atom. The van der Waals surface area contributed by atoms with Crippen LogP contribution in [0.25, 0.3) is 0 Å². The highest BCUT2D eigenvalue weighted by Gasteiger charge is 2.31. The number of amides is 1. The number of hydrogen-bond donors (Lipinski definition) is 0. The number of carbonyl (C=O) groups is 1. The van der Waals surface area contributed by atoms with Gasteiger partial charge in [0.1, 0.15) is 0 Å². The fourth-order valence-electron chi connectivity index (χ4n) is 6.32. The summed E-state index contributed by atoms with van der Waals surface area (Å²) in [5.41, 5.74) is 5.29. The first-order chi connectivity index (χ1) is 18.7. The third-order valence-corrected chi connectivity index (χ3v) is 8.56. The Bertz CT molecular complexity index is 1090. The molecule has 2 aromatic carbocycles. The van der Waals surface area contributed by atoms with Crippen LogP contribution in [-0.2, 0) is 27.2 Å². The summed E-state index contributed by atoms with van der Waals surface area (Å²) in [5, 5.41) is 0. The number of fused-ring (bicyclic) bond motifs is 1. The van der Waals surface area contributed by atoms with Crippen molar-refractivity contribution in [2.24, 2.45) is 0 Å². The minimum absolute atomic E-state index is 0.232. The number of carbonyl (C=O) groups excluding carboxylic acids is 1. The number of morpholine rings is 2. The van der Waals surface area contributed by atoms with E-state index >= 15 is 0 Å². The normalized spacial score (nSPS) is 22.4. The molecule has 3 saturated heterocycles. The van der Waals surface area contributed by atoms with Crippen molar-refractivity contribution in [1.29, 1.82) is 0 Å². The monoisotopic (exact) mass is 519 g/mol. The van der Waals surface area contributed by atoms with Crippen molar-refractivity contribution in [3.63, 3.8) is 0 Å². The second-order valence-corrected chi connectivity index (χ2v) is 10.9. The van der Waals surface area contributed by atoms with Crippen molar-refractivity contribution in [3.05, 3.63) is 59.7 Å². The van der Waals surface area contributed by atoms with Crippen LogP contribution in [0.2, 0.25) is 0 Å². The van der Waals surface area contributed by atoms with Crippen molar-refractivity contribution in [3.8, 4) is 0 Å². The zero-order valence-electron chi connectivity index (χ0n) is 22.5. The summed E-state index contributed by atoms with van der Waals surface area (Å²) in [7, 11) is 0. The van der Waals surface area contributed by atoms with Gasteiger partial charge in [0.05, 0.1) is 33.0 Å². The highest BCUT2D eigenvalue weighted by Crippen LogP contribution is 2.25. The molecule has 6 rings (SSSR count). The molecule has 0 radical (unpaired) electrons. The van der Waals surface area contributed by atoms with Crippen LogP contribution in [0.5, 0.6) is 0 Å². The lowest BCUT2D eigenvalue weighted by atomic mass is 9.99. The van der Waals surface area contributed by atoms with Gasteiger partial charge in [-0.3, -0.25) is 14.6 Å². The number of anilines is 2. The number of benzene rings is 2. The molecule has 2 aromatic rings. The Morgan fingerprint density at radius 1 is 0.684 bits per heavy atom. The minimum Gasteiger partial charge on any atom is -0.379 e. The molecule has 0 aliphatic carbocycles. The van der Waals surface area contributed by atoms with E-state index in [1.54, 1.807) is 0 Å². The fraction of sp³-hybridized carbons (Fsp3) is 0.567. The molecular formula is C30H41N5O3. The number of hydrogen-bond acceptors (Lipinski definition) is 7. The van der Waals surface area contributed by atoms with Gasteiger partial charge in [-0.25, -0.2) is 0 Å². The van der Waals surface area contributed by atoms with Crippen LogP contribution in [0.1, 0.15) is 11.1 Å². The molecule has 4 aliphatic heterocycles. The van der Waals surface area contributed by atoms with Crippen LogP contribution in [-0.4, -0.2) is 119 Å². The fourth-order valence-corrected chi connectivity index (χ4v) is 6.32. The molecule has 204 valence electrons. The molecule has 0 N–H and O–H groups in total. The summed E-state index contributed by atoms with van der Waals surface area (Å²) in [6, 6.07) is 17.8. The summed E-state index contributed by atoms with van der Waals surface area (Å²) in [5.74, 6) is 0.232. The van der Waals surface area contributed by atoms with E-state index in [2.05, 4.69) is 73.0 Å². The molecule has 1 atom stereocenters. The average molecular weight is 520 g/mol. The summed E-state index contributed by atoms with van der Waals surface area (Å²) < 4.78 is 11.2. The Morgan fingerprint density at radius 2 is 1.39 bits per heavy atom. The van der Waals surface area contributed by atoms with Gasteiger partial charge in [-0.2, -0.15) is 0 Å². The predicted octanol–water partition coefficient (Wildman–Crippen LogP) is 1.93. The van der Waals surface area contributed by atoms with Crippen LogP contribution in [0, 0.1) is 0 Å². The summed E-state index contributed by atoms with van der Waals surface area (Å²) in [4.78, 5) is 25.3. The Balaban J connectivity index is 1.10. The van der Waals surface area contributed by atoms with Gasteiger partial charge in [-0.05, 0) is 35.7 Å². The van der Waals surface area contributed by atoms with E-state index < -0.39 is 0 Å². The van der Waals surface area contributed by atoms with E-state index in [9.17, 15) is 4.79 Å². The lowest BCUT2D eigenvalue weighted by molar-refractivity contribution is -0.132. The topological polar surface area (TPSA) is 51.7 Å². The molecular weight excluding hydrogens is 478 g/mol. The van der Waals surface area contributed by atoms with Gasteiger partial charge >= 0.3 is 0 Å². The number of rotatable bonds is 7. The predicted molar refractivity (Wildman–Crippen MR) is 150 cm³/mol. The SMILES string of the molecule is O=C1CN(c2cccc(N3CCOCC3)c2)CCN1CC(CN1CCc2ccccc2C1)N1CCOCC1. The van der Waals surface area contributed by atoms with Gasteiger partial charge in [-0.15, -0.1) is 0 Å². The molecule has 4 aliphatic rings. The van der Waals surface area contributed by atoms with E-state index in [0.29, 0.717) is 12.6 Å². The molecule has 1 unspecified atom stereocenters. The lowest BCUT2D eigenvalue weighted by Crippen LogP contribution is -2.58. The molecule has 3 fully saturated rings. The molecule has 0 saturated carbocycles. The zero-order valence-corrected chi connectivity index (χ0v) is 22.5. The highest BCUT2D eigenvalue weighted by atomic mass is 16.5. The van der Waals surface area contributed by atoms with E-state index in [1.807, 2.05) is 0 Å². The van der Waals surface area contributed by atoms with Crippen molar-refractivity contribution in [1.82, 2.24) is 14.7 Å². The smallest absolute Gasteiger partial charge is 0.242 e. The van der Waals surface area contributed by atoms with E-state index in [1.165, 1.54) is 16.8 Å². The molecule has 4 heterocycles. The second kappa shape index (κ2) is 12.0. The van der Waals surface area contributed by atoms with Gasteiger partial charge in [-0.1, -0.05) is 30.3 Å². The van der Waals surface area contributed by atoms with Crippen molar-refractivity contribution in [2.45, 2.75) is 19.0 Å². The second-order valence-electron chi connectivity index (χ2n) is 10.9. The van der Waals surface area contributed by atoms with Crippen LogP contribution in [0.3, 0.4) is 0 Å². The first-order valence-electron chi connectivity index (χ1n) is 14.3. The van der Waals surface area contributed by atoms with Gasteiger partial charge in [0.25, 0.3) is 0 Å². The summed E-state index contributed by atoms with van der Waals surface area (Å²) in [6.07, 6.45) is 1.10. The Labute approximate surface area is 226 Å². The highest BCUT2D eigenvalue weighted by molar-refractivity contribution is 5.83. The van der Waals surface area contributed by atoms with Crippen LogP contribution in [0.4, 0.5) is 11.4 Å². The number of piperazine rings is 1. The number of nitrogens with zero attached hydrogens (tertiary/aromatic N) is 5. The average Bonchev–Trinajstić information content (AvgIpc) is 2.98. The zero-order chi connectivity index (χ0) is 25.7. The first-order valence-corrected chi connectivity index (χ1v) is 14.3. The Kier molecular flexibility index (Phi) is 8.11. The van der Waals surface area contributed by atoms with Gasteiger partial charge in [0, 0.05) is 82.9 Å². The summed E-state index contributed by atoms with van der Waals surface area (Å²) >= 11 is 0. The van der Waals surface area contributed by atoms with Crippen LogP contribution < -0.4 is 9.80 Å². The molecule has 38 heavy (non-hydrogen) atoms. The maximum Gasteiger partial charge on any atom is 0.242 e. The first kappa shape index (κ1) is 25.6. The molecule has 8 nitrogen and oxygen atoms in total. The van der Waals surface area contributed by atoms with Gasteiger partial charge in [0.15, 0.2) is 0 Å². The van der Waals surface area contributed by atoms with Gasteiger partial charge < -0.3 is 24.2 Å². The van der Waals surface area contributed by atoms with Crippen LogP contribution in [0.15, 0.2) is 48.5 Å². The third kappa shape index (κ3) is 5.99. The molecule has 0 aromatic heterocycles. The molecule has 0 spiro atoms. The Hall–Kier alpha value is -2.65. The van der Waals surface area contributed by atoms with E-state index in [4.69, 9.17) is 9.47 Å². The number of ether oxygens (including phenoxy) is 2. The maximum atomic E-state index is 13.4.